The molecule has 0 unspecified atom stereocenters. The molecule has 1 heterocycles. The molecule has 0 amide bonds. The Balaban J connectivity index is 1.76. The van der Waals surface area contributed by atoms with Gasteiger partial charge in [-0.3, -0.25) is 0 Å². The van der Waals surface area contributed by atoms with Gasteiger partial charge in [0.15, 0.2) is 0 Å². The molecule has 0 aliphatic rings. The summed E-state index contributed by atoms with van der Waals surface area (Å²) in [5, 5.41) is 6.25. The molecular weight excluding hydrogens is 419 g/mol. The highest BCUT2D eigenvalue weighted by atomic mass is 31.1. The number of benzene rings is 5. The molecule has 0 radical (unpaired) electrons. The van der Waals surface area contributed by atoms with Gasteiger partial charge in [-0.15, -0.1) is 0 Å². The molecule has 1 aromatic heterocycles. The first-order valence-corrected chi connectivity index (χ1v) is 12.6. The molecule has 6 rings (SSSR count). The van der Waals surface area contributed by atoms with Gasteiger partial charge in [0.2, 0.25) is 0 Å². The van der Waals surface area contributed by atoms with Crippen LogP contribution in [0, 0.1) is 6.92 Å². The van der Waals surface area contributed by atoms with Crippen LogP contribution in [0.1, 0.15) is 5.56 Å². The van der Waals surface area contributed by atoms with Crippen molar-refractivity contribution in [1.29, 1.82) is 0 Å². The van der Waals surface area contributed by atoms with E-state index < -0.39 is 7.92 Å². The highest BCUT2D eigenvalue weighted by molar-refractivity contribution is 7.79. The van der Waals surface area contributed by atoms with Crippen LogP contribution in [-0.2, 0) is 0 Å². The van der Waals surface area contributed by atoms with E-state index >= 15 is 0 Å². The van der Waals surface area contributed by atoms with E-state index in [0.29, 0.717) is 0 Å². The molecule has 6 aromatic rings. The van der Waals surface area contributed by atoms with Crippen LogP contribution in [0.2, 0.25) is 0 Å². The number of rotatable bonds is 4. The molecule has 5 aromatic carbocycles. The second-order valence-electron chi connectivity index (χ2n) is 8.26. The van der Waals surface area contributed by atoms with Gasteiger partial charge < -0.3 is 4.42 Å². The standard InChI is InChI=1S/C31H23OP/c1-22-12-8-10-18-26(22)30-29-27-19-11-9-13-23(27)20-21-28(29)32-31(30)33(24-14-4-2-5-15-24)25-16-6-3-7-17-25/h2-21H,1H3. The van der Waals surface area contributed by atoms with Gasteiger partial charge in [-0.05, 0) is 45.5 Å². The van der Waals surface area contributed by atoms with Crippen LogP contribution in [0.4, 0.5) is 0 Å². The first kappa shape index (κ1) is 20.0. The third kappa shape index (κ3) is 3.46. The Morgan fingerprint density at radius 1 is 0.576 bits per heavy atom. The molecule has 158 valence electrons. The van der Waals surface area contributed by atoms with Crippen LogP contribution in [0.15, 0.2) is 126 Å². The molecule has 0 saturated carbocycles. The van der Waals surface area contributed by atoms with Crippen LogP contribution >= 0.6 is 7.92 Å². The monoisotopic (exact) mass is 442 g/mol. The van der Waals surface area contributed by atoms with Crippen molar-refractivity contribution >= 4 is 45.8 Å². The molecular formula is C31H23OP. The third-order valence-electron chi connectivity index (χ3n) is 6.21. The molecule has 0 saturated heterocycles. The van der Waals surface area contributed by atoms with E-state index in [1.807, 2.05) is 0 Å². The van der Waals surface area contributed by atoms with Crippen molar-refractivity contribution < 1.29 is 4.42 Å². The molecule has 0 atom stereocenters. The summed E-state index contributed by atoms with van der Waals surface area (Å²) < 4.78 is 6.82. The zero-order valence-corrected chi connectivity index (χ0v) is 19.3. The molecule has 0 aliphatic carbocycles. The lowest BCUT2D eigenvalue weighted by atomic mass is 9.97. The van der Waals surface area contributed by atoms with E-state index in [4.69, 9.17) is 4.42 Å². The summed E-state index contributed by atoms with van der Waals surface area (Å²) >= 11 is 0. The van der Waals surface area contributed by atoms with Crippen molar-refractivity contribution in [1.82, 2.24) is 0 Å². The fourth-order valence-electron chi connectivity index (χ4n) is 4.66. The molecule has 33 heavy (non-hydrogen) atoms. The Hall–Kier alpha value is -3.67. The van der Waals surface area contributed by atoms with Crippen molar-refractivity contribution in [2.24, 2.45) is 0 Å². The molecule has 0 fully saturated rings. The summed E-state index contributed by atoms with van der Waals surface area (Å²) in [5.41, 5.74) is 5.72. The van der Waals surface area contributed by atoms with Gasteiger partial charge in [-0.1, -0.05) is 115 Å². The van der Waals surface area contributed by atoms with Gasteiger partial charge in [-0.2, -0.15) is 0 Å². The first-order valence-electron chi connectivity index (χ1n) is 11.2. The van der Waals surface area contributed by atoms with Crippen molar-refractivity contribution in [3.05, 3.63) is 127 Å². The van der Waals surface area contributed by atoms with Gasteiger partial charge >= 0.3 is 0 Å². The van der Waals surface area contributed by atoms with Crippen LogP contribution < -0.4 is 16.1 Å². The zero-order chi connectivity index (χ0) is 22.2. The molecule has 2 heteroatoms. The summed E-state index contributed by atoms with van der Waals surface area (Å²) in [4.78, 5) is 0. The number of aryl methyl sites for hydroxylation is 1. The molecule has 0 bridgehead atoms. The Morgan fingerprint density at radius 3 is 1.88 bits per heavy atom. The minimum Gasteiger partial charge on any atom is -0.455 e. The van der Waals surface area contributed by atoms with Gasteiger partial charge in [0, 0.05) is 18.9 Å². The van der Waals surface area contributed by atoms with E-state index in [0.717, 1.165) is 11.1 Å². The SMILES string of the molecule is Cc1ccccc1-c1c(P(c2ccccc2)c2ccccc2)oc2ccc3ccccc3c12. The highest BCUT2D eigenvalue weighted by Gasteiger charge is 2.28. The van der Waals surface area contributed by atoms with E-state index in [-0.39, 0.29) is 0 Å². The molecule has 0 spiro atoms. The molecule has 0 aliphatic heterocycles. The van der Waals surface area contributed by atoms with Gasteiger partial charge in [0.05, 0.1) is 0 Å². The Kier molecular flexibility index (Phi) is 5.06. The molecule has 0 N–H and O–H groups in total. The highest BCUT2D eigenvalue weighted by Crippen LogP contribution is 2.44. The Bertz CT molecular complexity index is 1530. The van der Waals surface area contributed by atoms with Crippen LogP contribution in [-0.4, -0.2) is 0 Å². The van der Waals surface area contributed by atoms with Crippen LogP contribution in [0.3, 0.4) is 0 Å². The van der Waals surface area contributed by atoms with Gasteiger partial charge in [0.25, 0.3) is 0 Å². The summed E-state index contributed by atoms with van der Waals surface area (Å²) in [7, 11) is -0.872. The number of furan rings is 1. The second kappa shape index (κ2) is 8.35. The lowest BCUT2D eigenvalue weighted by Gasteiger charge is -2.19. The van der Waals surface area contributed by atoms with E-state index in [9.17, 15) is 0 Å². The maximum atomic E-state index is 6.82. The largest absolute Gasteiger partial charge is 0.455 e. The average Bonchev–Trinajstić information content (AvgIpc) is 3.25. The number of hydrogen-bond acceptors (Lipinski definition) is 1. The summed E-state index contributed by atoms with van der Waals surface area (Å²) in [6, 6.07) is 43.1. The van der Waals surface area contributed by atoms with Crippen molar-refractivity contribution in [2.75, 3.05) is 0 Å². The minimum atomic E-state index is -0.872. The molecule has 1 nitrogen and oxygen atoms in total. The van der Waals surface area contributed by atoms with Crippen LogP contribution in [0.5, 0.6) is 0 Å². The van der Waals surface area contributed by atoms with E-state index in [1.165, 1.54) is 43.5 Å². The number of fused-ring (bicyclic) bond motifs is 3. The fraction of sp³-hybridized carbons (Fsp3) is 0.0323. The second-order valence-corrected chi connectivity index (χ2v) is 10.4. The van der Waals surface area contributed by atoms with Crippen molar-refractivity contribution in [3.63, 3.8) is 0 Å². The summed E-state index contributed by atoms with van der Waals surface area (Å²) in [5.74, 6) is 0. The van der Waals surface area contributed by atoms with E-state index in [1.54, 1.807) is 0 Å². The maximum Gasteiger partial charge on any atom is 0.143 e. The maximum absolute atomic E-state index is 6.82. The zero-order valence-electron chi connectivity index (χ0n) is 18.4. The predicted octanol–water partition coefficient (Wildman–Crippen LogP) is 7.32. The quantitative estimate of drug-likeness (QED) is 0.261. The van der Waals surface area contributed by atoms with E-state index in [2.05, 4.69) is 128 Å². The predicted molar refractivity (Wildman–Crippen MR) is 143 cm³/mol. The summed E-state index contributed by atoms with van der Waals surface area (Å²) in [6.45, 7) is 2.19. The van der Waals surface area contributed by atoms with Crippen molar-refractivity contribution in [3.8, 4) is 11.1 Å². The smallest absolute Gasteiger partial charge is 0.143 e. The Labute approximate surface area is 195 Å². The van der Waals surface area contributed by atoms with Gasteiger partial charge in [0.1, 0.15) is 11.1 Å². The summed E-state index contributed by atoms with van der Waals surface area (Å²) in [6.07, 6.45) is 0. The lowest BCUT2D eigenvalue weighted by molar-refractivity contribution is 0.655. The third-order valence-corrected chi connectivity index (χ3v) is 8.56. The fourth-order valence-corrected chi connectivity index (χ4v) is 7.01. The normalized spacial score (nSPS) is 11.5. The minimum absolute atomic E-state index is 0.872. The number of hydrogen-bond donors (Lipinski definition) is 0. The Morgan fingerprint density at radius 2 is 1.18 bits per heavy atom. The lowest BCUT2D eigenvalue weighted by Crippen LogP contribution is -2.20. The van der Waals surface area contributed by atoms with Gasteiger partial charge in [-0.25, -0.2) is 0 Å². The average molecular weight is 442 g/mol. The first-order chi connectivity index (χ1) is 16.3. The topological polar surface area (TPSA) is 13.1 Å². The van der Waals surface area contributed by atoms with Crippen LogP contribution in [0.25, 0.3) is 32.9 Å². The van der Waals surface area contributed by atoms with Crippen molar-refractivity contribution in [2.45, 2.75) is 6.92 Å².